The van der Waals surface area contributed by atoms with Gasteiger partial charge in [-0.2, -0.15) is 0 Å². The maximum atomic E-state index is 11.1. The number of halogens is 2. The van der Waals surface area contributed by atoms with E-state index >= 15 is 0 Å². The fraction of sp³-hybridized carbons (Fsp3) is 0.133. The van der Waals surface area contributed by atoms with Crippen molar-refractivity contribution in [1.29, 1.82) is 0 Å². The molecule has 0 spiro atoms. The molecular weight excluding hydrogens is 315 g/mol. The fourth-order valence-electron chi connectivity index (χ4n) is 1.75. The van der Waals surface area contributed by atoms with Crippen LogP contribution in [-0.2, 0) is 5.75 Å². The highest BCUT2D eigenvalue weighted by Crippen LogP contribution is 2.32. The van der Waals surface area contributed by atoms with Gasteiger partial charge in [0.25, 0.3) is 0 Å². The number of carboxylic acid groups (broad SMARTS) is 1. The predicted octanol–water partition coefficient (Wildman–Crippen LogP) is 5.29. The van der Waals surface area contributed by atoms with Gasteiger partial charge in [-0.05, 0) is 42.3 Å². The van der Waals surface area contributed by atoms with Gasteiger partial charge < -0.3 is 5.11 Å². The number of aryl methyl sites for hydroxylation is 1. The summed E-state index contributed by atoms with van der Waals surface area (Å²) < 4.78 is 0. The Morgan fingerprint density at radius 2 is 1.85 bits per heavy atom. The molecular formula is C15H12Cl2O2S. The van der Waals surface area contributed by atoms with E-state index < -0.39 is 5.97 Å². The first-order valence-electron chi connectivity index (χ1n) is 5.88. The number of carboxylic acids is 1. The molecule has 0 bridgehead atoms. The SMILES string of the molecule is Cc1ccc(SCc2c(Cl)cccc2Cl)cc1C(=O)O. The van der Waals surface area contributed by atoms with Gasteiger partial charge in [-0.15, -0.1) is 11.8 Å². The fourth-order valence-corrected chi connectivity index (χ4v) is 3.42. The molecule has 2 aromatic carbocycles. The van der Waals surface area contributed by atoms with Gasteiger partial charge in [0, 0.05) is 20.7 Å². The van der Waals surface area contributed by atoms with Gasteiger partial charge in [0.2, 0.25) is 0 Å². The van der Waals surface area contributed by atoms with Crippen molar-refractivity contribution in [2.24, 2.45) is 0 Å². The summed E-state index contributed by atoms with van der Waals surface area (Å²) in [6.45, 7) is 1.78. The van der Waals surface area contributed by atoms with Gasteiger partial charge in [-0.25, -0.2) is 4.79 Å². The van der Waals surface area contributed by atoms with E-state index in [0.717, 1.165) is 16.0 Å². The topological polar surface area (TPSA) is 37.3 Å². The molecule has 20 heavy (non-hydrogen) atoms. The Balaban J connectivity index is 2.19. The highest BCUT2D eigenvalue weighted by molar-refractivity contribution is 7.98. The molecule has 0 saturated heterocycles. The number of hydrogen-bond acceptors (Lipinski definition) is 2. The third-order valence-electron chi connectivity index (χ3n) is 2.88. The van der Waals surface area contributed by atoms with Crippen LogP contribution in [0.25, 0.3) is 0 Å². The molecule has 0 unspecified atom stereocenters. The zero-order chi connectivity index (χ0) is 14.7. The van der Waals surface area contributed by atoms with Crippen LogP contribution in [0, 0.1) is 6.92 Å². The molecule has 0 aliphatic carbocycles. The number of benzene rings is 2. The van der Waals surface area contributed by atoms with Crippen molar-refractivity contribution in [2.45, 2.75) is 17.6 Å². The summed E-state index contributed by atoms with van der Waals surface area (Å²) in [4.78, 5) is 12.0. The summed E-state index contributed by atoms with van der Waals surface area (Å²) in [5.41, 5.74) is 1.93. The standard InChI is InChI=1S/C15H12Cl2O2S/c1-9-5-6-10(7-11(9)15(18)19)20-8-12-13(16)3-2-4-14(12)17/h2-7H,8H2,1H3,(H,18,19). The molecule has 104 valence electrons. The minimum atomic E-state index is -0.916. The first kappa shape index (κ1) is 15.2. The van der Waals surface area contributed by atoms with Gasteiger partial charge in [0.1, 0.15) is 0 Å². The number of rotatable bonds is 4. The third-order valence-corrected chi connectivity index (χ3v) is 4.61. The number of thioether (sulfide) groups is 1. The largest absolute Gasteiger partial charge is 0.478 e. The molecule has 0 aromatic heterocycles. The molecule has 0 radical (unpaired) electrons. The van der Waals surface area contributed by atoms with Crippen LogP contribution in [0.1, 0.15) is 21.5 Å². The molecule has 2 aromatic rings. The van der Waals surface area contributed by atoms with Crippen molar-refractivity contribution in [3.63, 3.8) is 0 Å². The van der Waals surface area contributed by atoms with Gasteiger partial charge in [0.15, 0.2) is 0 Å². The van der Waals surface area contributed by atoms with Gasteiger partial charge >= 0.3 is 5.97 Å². The third kappa shape index (κ3) is 3.48. The van der Waals surface area contributed by atoms with Crippen LogP contribution in [-0.4, -0.2) is 11.1 Å². The number of carbonyl (C=O) groups is 1. The molecule has 2 rings (SSSR count). The molecule has 0 amide bonds. The average Bonchev–Trinajstić information content (AvgIpc) is 2.39. The summed E-state index contributed by atoms with van der Waals surface area (Å²) in [6, 6.07) is 10.8. The van der Waals surface area contributed by atoms with E-state index in [2.05, 4.69) is 0 Å². The smallest absolute Gasteiger partial charge is 0.335 e. The molecule has 5 heteroatoms. The predicted molar refractivity (Wildman–Crippen MR) is 84.2 cm³/mol. The van der Waals surface area contributed by atoms with E-state index in [-0.39, 0.29) is 0 Å². The van der Waals surface area contributed by atoms with Crippen molar-refractivity contribution < 1.29 is 9.90 Å². The van der Waals surface area contributed by atoms with Crippen LogP contribution >= 0.6 is 35.0 Å². The Bertz CT molecular complexity index is 636. The Labute approximate surface area is 131 Å². The molecule has 0 aliphatic heterocycles. The van der Waals surface area contributed by atoms with Crippen LogP contribution in [0.2, 0.25) is 10.0 Å². The van der Waals surface area contributed by atoms with Crippen molar-refractivity contribution >= 4 is 40.9 Å². The lowest BCUT2D eigenvalue weighted by atomic mass is 10.1. The quantitative estimate of drug-likeness (QED) is 0.775. The normalized spacial score (nSPS) is 10.6. The molecule has 0 atom stereocenters. The van der Waals surface area contributed by atoms with Crippen LogP contribution in [0.4, 0.5) is 0 Å². The van der Waals surface area contributed by atoms with Crippen LogP contribution in [0.15, 0.2) is 41.3 Å². The Kier molecular flexibility index (Phi) is 4.97. The zero-order valence-electron chi connectivity index (χ0n) is 10.7. The van der Waals surface area contributed by atoms with E-state index in [1.54, 1.807) is 37.3 Å². The maximum Gasteiger partial charge on any atom is 0.335 e. The Morgan fingerprint density at radius 1 is 1.20 bits per heavy atom. The van der Waals surface area contributed by atoms with E-state index in [1.807, 2.05) is 6.07 Å². The van der Waals surface area contributed by atoms with Gasteiger partial charge in [0.05, 0.1) is 5.56 Å². The number of hydrogen-bond donors (Lipinski definition) is 1. The summed E-state index contributed by atoms with van der Waals surface area (Å²) >= 11 is 13.7. The lowest BCUT2D eigenvalue weighted by Gasteiger charge is -2.08. The average molecular weight is 327 g/mol. The van der Waals surface area contributed by atoms with Crippen molar-refractivity contribution in [2.75, 3.05) is 0 Å². The van der Waals surface area contributed by atoms with E-state index in [4.69, 9.17) is 28.3 Å². The maximum absolute atomic E-state index is 11.1. The van der Waals surface area contributed by atoms with Crippen molar-refractivity contribution in [3.05, 3.63) is 63.1 Å². The van der Waals surface area contributed by atoms with Crippen LogP contribution in [0.3, 0.4) is 0 Å². The first-order valence-corrected chi connectivity index (χ1v) is 7.63. The Hall–Kier alpha value is -1.16. The molecule has 0 fully saturated rings. The molecule has 0 saturated carbocycles. The lowest BCUT2D eigenvalue weighted by molar-refractivity contribution is 0.0696. The van der Waals surface area contributed by atoms with E-state index in [1.165, 1.54) is 11.8 Å². The summed E-state index contributed by atoms with van der Waals surface area (Å²) in [6.07, 6.45) is 0. The summed E-state index contributed by atoms with van der Waals surface area (Å²) in [5.74, 6) is -0.318. The summed E-state index contributed by atoms with van der Waals surface area (Å²) in [7, 11) is 0. The second-order valence-electron chi connectivity index (χ2n) is 4.27. The second-order valence-corrected chi connectivity index (χ2v) is 6.13. The molecule has 2 nitrogen and oxygen atoms in total. The molecule has 0 heterocycles. The minimum Gasteiger partial charge on any atom is -0.478 e. The molecule has 1 N–H and O–H groups in total. The monoisotopic (exact) mass is 326 g/mol. The zero-order valence-corrected chi connectivity index (χ0v) is 13.0. The highest BCUT2D eigenvalue weighted by Gasteiger charge is 2.10. The lowest BCUT2D eigenvalue weighted by Crippen LogP contribution is -1.99. The number of aromatic carboxylic acids is 1. The van der Waals surface area contributed by atoms with E-state index in [0.29, 0.717) is 21.4 Å². The molecule has 0 aliphatic rings. The second kappa shape index (κ2) is 6.53. The van der Waals surface area contributed by atoms with Crippen molar-refractivity contribution in [1.82, 2.24) is 0 Å². The summed E-state index contributed by atoms with van der Waals surface area (Å²) in [5, 5.41) is 10.4. The minimum absolute atomic E-state index is 0.320. The van der Waals surface area contributed by atoms with Gasteiger partial charge in [-0.3, -0.25) is 0 Å². The Morgan fingerprint density at radius 3 is 2.45 bits per heavy atom. The van der Waals surface area contributed by atoms with Gasteiger partial charge in [-0.1, -0.05) is 35.3 Å². The van der Waals surface area contributed by atoms with E-state index in [9.17, 15) is 4.79 Å². The first-order chi connectivity index (χ1) is 9.49. The van der Waals surface area contributed by atoms with Crippen LogP contribution in [0.5, 0.6) is 0 Å². The van der Waals surface area contributed by atoms with Crippen molar-refractivity contribution in [3.8, 4) is 0 Å². The highest BCUT2D eigenvalue weighted by atomic mass is 35.5. The van der Waals surface area contributed by atoms with Crippen LogP contribution < -0.4 is 0 Å².